The van der Waals surface area contributed by atoms with Gasteiger partial charge in [0.15, 0.2) is 0 Å². The van der Waals surface area contributed by atoms with Crippen molar-refractivity contribution in [2.75, 3.05) is 18.9 Å². The standard InChI is InChI=1S/C22H27N5O2S/c1-4-14-26(15-18-12-10-17(3)11-13-18)21(28)16-30-22-23-24-25-27(22)19-8-6-7-9-20(19)29-5-2/h6-13H,4-5,14-16H2,1-3H3. The monoisotopic (exact) mass is 425 g/mol. The topological polar surface area (TPSA) is 73.1 Å². The Labute approximate surface area is 181 Å². The van der Waals surface area contributed by atoms with Gasteiger partial charge in [0.25, 0.3) is 0 Å². The van der Waals surface area contributed by atoms with E-state index in [0.29, 0.717) is 30.6 Å². The van der Waals surface area contributed by atoms with E-state index in [0.717, 1.165) is 17.7 Å². The Morgan fingerprint density at radius 3 is 2.63 bits per heavy atom. The molecule has 2 aromatic carbocycles. The highest BCUT2D eigenvalue weighted by atomic mass is 32.2. The molecule has 0 N–H and O–H groups in total. The van der Waals surface area contributed by atoms with Crippen molar-refractivity contribution in [3.8, 4) is 11.4 Å². The number of aromatic nitrogens is 4. The number of carbonyl (C=O) groups excluding carboxylic acids is 1. The number of nitrogens with zero attached hydrogens (tertiary/aromatic N) is 5. The molecule has 3 aromatic rings. The second-order valence-electron chi connectivity index (χ2n) is 6.86. The fraction of sp³-hybridized carbons (Fsp3) is 0.364. The van der Waals surface area contributed by atoms with E-state index in [2.05, 4.69) is 53.6 Å². The van der Waals surface area contributed by atoms with Crippen LogP contribution in [0.1, 0.15) is 31.4 Å². The van der Waals surface area contributed by atoms with Crippen molar-refractivity contribution in [2.24, 2.45) is 0 Å². The van der Waals surface area contributed by atoms with Crippen molar-refractivity contribution in [1.82, 2.24) is 25.1 Å². The molecule has 0 bridgehead atoms. The van der Waals surface area contributed by atoms with Gasteiger partial charge in [0.05, 0.1) is 12.4 Å². The highest BCUT2D eigenvalue weighted by Crippen LogP contribution is 2.26. The molecule has 0 radical (unpaired) electrons. The third-order valence-corrected chi connectivity index (χ3v) is 5.40. The zero-order valence-electron chi connectivity index (χ0n) is 17.6. The third-order valence-electron chi connectivity index (χ3n) is 4.50. The lowest BCUT2D eigenvalue weighted by Crippen LogP contribution is -2.32. The van der Waals surface area contributed by atoms with Gasteiger partial charge in [-0.1, -0.05) is 60.6 Å². The molecular formula is C22H27N5O2S. The van der Waals surface area contributed by atoms with Gasteiger partial charge in [-0.25, -0.2) is 0 Å². The van der Waals surface area contributed by atoms with E-state index >= 15 is 0 Å². The van der Waals surface area contributed by atoms with E-state index in [9.17, 15) is 4.79 Å². The molecule has 3 rings (SSSR count). The zero-order chi connectivity index (χ0) is 21.3. The van der Waals surface area contributed by atoms with Crippen molar-refractivity contribution in [3.05, 3.63) is 59.7 Å². The van der Waals surface area contributed by atoms with E-state index in [1.54, 1.807) is 4.68 Å². The molecule has 0 atom stereocenters. The molecule has 0 aliphatic carbocycles. The van der Waals surface area contributed by atoms with Gasteiger partial charge >= 0.3 is 0 Å². The van der Waals surface area contributed by atoms with Crippen LogP contribution < -0.4 is 4.74 Å². The average molecular weight is 426 g/mol. The second kappa shape index (κ2) is 10.8. The minimum absolute atomic E-state index is 0.0649. The van der Waals surface area contributed by atoms with Crippen molar-refractivity contribution >= 4 is 17.7 Å². The lowest BCUT2D eigenvalue weighted by Gasteiger charge is -2.22. The fourth-order valence-corrected chi connectivity index (χ4v) is 3.81. The molecule has 158 valence electrons. The van der Waals surface area contributed by atoms with E-state index < -0.39 is 0 Å². The Bertz CT molecular complexity index is 958. The summed E-state index contributed by atoms with van der Waals surface area (Å²) in [5.41, 5.74) is 3.09. The van der Waals surface area contributed by atoms with Gasteiger partial charge < -0.3 is 9.64 Å². The minimum Gasteiger partial charge on any atom is -0.492 e. The first-order chi connectivity index (χ1) is 14.6. The first kappa shape index (κ1) is 21.8. The maximum atomic E-state index is 12.9. The zero-order valence-corrected chi connectivity index (χ0v) is 18.4. The minimum atomic E-state index is 0.0649. The smallest absolute Gasteiger partial charge is 0.233 e. The van der Waals surface area contributed by atoms with Crippen LogP contribution in [0.4, 0.5) is 0 Å². The number of para-hydroxylation sites is 2. The number of benzene rings is 2. The van der Waals surface area contributed by atoms with Gasteiger partial charge in [-0.05, 0) is 48.4 Å². The van der Waals surface area contributed by atoms with Crippen LogP contribution in [0.5, 0.6) is 5.75 Å². The summed E-state index contributed by atoms with van der Waals surface area (Å²) in [6, 6.07) is 15.9. The summed E-state index contributed by atoms with van der Waals surface area (Å²) in [6.07, 6.45) is 0.905. The van der Waals surface area contributed by atoms with Gasteiger partial charge in [-0.15, -0.1) is 5.10 Å². The SMILES string of the molecule is CCCN(Cc1ccc(C)cc1)C(=O)CSc1nnnn1-c1ccccc1OCC. The maximum Gasteiger partial charge on any atom is 0.233 e. The summed E-state index contributed by atoms with van der Waals surface area (Å²) in [5, 5.41) is 12.6. The van der Waals surface area contributed by atoms with E-state index in [-0.39, 0.29) is 11.7 Å². The second-order valence-corrected chi connectivity index (χ2v) is 7.81. The van der Waals surface area contributed by atoms with Crippen LogP contribution in [-0.2, 0) is 11.3 Å². The molecule has 0 saturated carbocycles. The predicted octanol–water partition coefficient (Wildman–Crippen LogP) is 3.90. The molecule has 0 saturated heterocycles. The molecule has 0 fully saturated rings. The summed E-state index contributed by atoms with van der Waals surface area (Å²) in [4.78, 5) is 14.8. The van der Waals surface area contributed by atoms with Crippen LogP contribution in [0.15, 0.2) is 53.7 Å². The number of thioether (sulfide) groups is 1. The number of hydrogen-bond acceptors (Lipinski definition) is 6. The first-order valence-corrected chi connectivity index (χ1v) is 11.1. The highest BCUT2D eigenvalue weighted by Gasteiger charge is 2.18. The highest BCUT2D eigenvalue weighted by molar-refractivity contribution is 7.99. The van der Waals surface area contributed by atoms with Crippen LogP contribution in [0, 0.1) is 6.92 Å². The number of amides is 1. The molecule has 0 aliphatic rings. The molecule has 1 heterocycles. The Hall–Kier alpha value is -2.87. The molecule has 0 aliphatic heterocycles. The quantitative estimate of drug-likeness (QED) is 0.459. The van der Waals surface area contributed by atoms with Crippen LogP contribution >= 0.6 is 11.8 Å². The van der Waals surface area contributed by atoms with Crippen molar-refractivity contribution in [1.29, 1.82) is 0 Å². The molecule has 7 nitrogen and oxygen atoms in total. The lowest BCUT2D eigenvalue weighted by atomic mass is 10.1. The number of aryl methyl sites for hydroxylation is 1. The molecule has 30 heavy (non-hydrogen) atoms. The Balaban J connectivity index is 1.69. The molecule has 1 aromatic heterocycles. The van der Waals surface area contributed by atoms with Gasteiger partial charge in [0.1, 0.15) is 11.4 Å². The Kier molecular flexibility index (Phi) is 7.84. The van der Waals surface area contributed by atoms with Crippen LogP contribution in [0.2, 0.25) is 0 Å². The predicted molar refractivity (Wildman–Crippen MR) is 118 cm³/mol. The number of ether oxygens (including phenoxy) is 1. The van der Waals surface area contributed by atoms with Gasteiger partial charge in [0, 0.05) is 13.1 Å². The summed E-state index contributed by atoms with van der Waals surface area (Å²) >= 11 is 1.33. The number of rotatable bonds is 10. The van der Waals surface area contributed by atoms with Gasteiger partial charge in [-0.3, -0.25) is 4.79 Å². The van der Waals surface area contributed by atoms with Gasteiger partial charge in [0.2, 0.25) is 11.1 Å². The van der Waals surface area contributed by atoms with Crippen molar-refractivity contribution in [3.63, 3.8) is 0 Å². The van der Waals surface area contributed by atoms with Crippen LogP contribution in [0.25, 0.3) is 5.69 Å². The number of hydrogen-bond donors (Lipinski definition) is 0. The number of tetrazole rings is 1. The van der Waals surface area contributed by atoms with E-state index in [1.165, 1.54) is 17.3 Å². The summed E-state index contributed by atoms with van der Waals surface area (Å²) < 4.78 is 7.30. The number of carbonyl (C=O) groups is 1. The van der Waals surface area contributed by atoms with Crippen LogP contribution in [0.3, 0.4) is 0 Å². The third kappa shape index (κ3) is 5.60. The van der Waals surface area contributed by atoms with Crippen LogP contribution in [-0.4, -0.2) is 49.9 Å². The Morgan fingerprint density at radius 1 is 1.13 bits per heavy atom. The Morgan fingerprint density at radius 2 is 1.90 bits per heavy atom. The molecule has 1 amide bonds. The molecule has 0 unspecified atom stereocenters. The summed E-state index contributed by atoms with van der Waals surface area (Å²) in [7, 11) is 0. The summed E-state index contributed by atoms with van der Waals surface area (Å²) in [6.45, 7) is 7.93. The average Bonchev–Trinajstić information content (AvgIpc) is 3.22. The molecular weight excluding hydrogens is 398 g/mol. The molecule has 0 spiro atoms. The van der Waals surface area contributed by atoms with Crippen molar-refractivity contribution < 1.29 is 9.53 Å². The summed E-state index contributed by atoms with van der Waals surface area (Å²) in [5.74, 6) is 1.03. The first-order valence-electron chi connectivity index (χ1n) is 10.1. The van der Waals surface area contributed by atoms with E-state index in [1.807, 2.05) is 36.1 Å². The largest absolute Gasteiger partial charge is 0.492 e. The van der Waals surface area contributed by atoms with Crippen molar-refractivity contribution in [2.45, 2.75) is 38.9 Å². The maximum absolute atomic E-state index is 12.9. The lowest BCUT2D eigenvalue weighted by molar-refractivity contribution is -0.129. The normalized spacial score (nSPS) is 10.8. The van der Waals surface area contributed by atoms with Gasteiger partial charge in [-0.2, -0.15) is 4.68 Å². The van der Waals surface area contributed by atoms with E-state index in [4.69, 9.17) is 4.74 Å². The fourth-order valence-electron chi connectivity index (χ4n) is 3.02. The molecule has 8 heteroatoms.